The van der Waals surface area contributed by atoms with Crippen LogP contribution in [0.15, 0.2) is 18.2 Å². The first-order valence-electron chi connectivity index (χ1n) is 13.7. The number of carbonyl (C=O) groups excluding carboxylic acids is 2. The lowest BCUT2D eigenvalue weighted by atomic mass is 9.47. The molecule has 1 saturated heterocycles. The first-order valence-corrected chi connectivity index (χ1v) is 13.7. The van der Waals surface area contributed by atoms with Crippen molar-refractivity contribution in [2.24, 2.45) is 17.8 Å². The summed E-state index contributed by atoms with van der Waals surface area (Å²) in [6.45, 7) is 5.62. The standard InChI is InChI=1S/C29H40N2O6/c1-17(2)10-23(27(34)35)30-26(33)12-20-14-29(36)25-11-19-6-7-21(37-3)13-22(19)28(29,15-24(20)32)8-9-31(25)16-18-4-5-18/h6-7,13,17-18,20,23,25,36H,4-5,8-12,14-16H2,1-3H3,(H,30,33)(H,34,35)/t20-,23-,25+,28?,29+/m0/s1. The maximum Gasteiger partial charge on any atom is 0.326 e. The van der Waals surface area contributed by atoms with Gasteiger partial charge in [0, 0.05) is 36.8 Å². The van der Waals surface area contributed by atoms with E-state index in [2.05, 4.69) is 16.3 Å². The number of carboxylic acids is 1. The van der Waals surface area contributed by atoms with Crippen LogP contribution in [-0.4, -0.2) is 70.7 Å². The number of piperidine rings is 1. The van der Waals surface area contributed by atoms with Crippen LogP contribution in [0.5, 0.6) is 5.75 Å². The van der Waals surface area contributed by atoms with Gasteiger partial charge in [0.25, 0.3) is 0 Å². The van der Waals surface area contributed by atoms with E-state index in [-0.39, 0.29) is 37.0 Å². The van der Waals surface area contributed by atoms with Crippen LogP contribution < -0.4 is 10.1 Å². The second-order valence-electron chi connectivity index (χ2n) is 12.3. The average Bonchev–Trinajstić information content (AvgIpc) is 3.65. The van der Waals surface area contributed by atoms with Crippen LogP contribution in [0.2, 0.25) is 0 Å². The number of aliphatic carboxylic acids is 1. The molecule has 5 atom stereocenters. The summed E-state index contributed by atoms with van der Waals surface area (Å²) in [7, 11) is 1.62. The molecule has 2 bridgehead atoms. The predicted octanol–water partition coefficient (Wildman–Crippen LogP) is 2.69. The number of nitrogens with zero attached hydrogens (tertiary/aromatic N) is 1. The number of carbonyl (C=O) groups is 3. The van der Waals surface area contributed by atoms with E-state index in [9.17, 15) is 24.6 Å². The smallest absolute Gasteiger partial charge is 0.326 e. The van der Waals surface area contributed by atoms with E-state index in [1.165, 1.54) is 12.8 Å². The summed E-state index contributed by atoms with van der Waals surface area (Å²) in [6.07, 6.45) is 4.46. The molecule has 202 valence electrons. The van der Waals surface area contributed by atoms with Crippen molar-refractivity contribution in [3.05, 3.63) is 29.3 Å². The number of benzene rings is 1. The number of hydrogen-bond donors (Lipinski definition) is 3. The number of carboxylic acid groups (broad SMARTS) is 1. The molecular formula is C29H40N2O6. The Morgan fingerprint density at radius 1 is 1.27 bits per heavy atom. The summed E-state index contributed by atoms with van der Waals surface area (Å²) in [5.74, 6) is -0.680. The number of Topliss-reactive ketones (excluding diaryl/α,β-unsaturated/α-hetero) is 1. The quantitative estimate of drug-likeness (QED) is 0.466. The number of likely N-dealkylation sites (tertiary alicyclic amines) is 1. The third-order valence-electron chi connectivity index (χ3n) is 9.34. The number of methoxy groups -OCH3 is 1. The minimum atomic E-state index is -1.15. The summed E-state index contributed by atoms with van der Waals surface area (Å²) < 4.78 is 5.52. The average molecular weight is 513 g/mol. The monoisotopic (exact) mass is 512 g/mol. The third-order valence-corrected chi connectivity index (χ3v) is 9.34. The van der Waals surface area contributed by atoms with Crippen LogP contribution in [0.4, 0.5) is 0 Å². The van der Waals surface area contributed by atoms with Crippen LogP contribution in [-0.2, 0) is 26.2 Å². The maximum atomic E-state index is 13.6. The molecular weight excluding hydrogens is 472 g/mol. The molecule has 1 aromatic rings. The van der Waals surface area contributed by atoms with Crippen molar-refractivity contribution >= 4 is 17.7 Å². The van der Waals surface area contributed by atoms with Gasteiger partial charge in [-0.15, -0.1) is 0 Å². The van der Waals surface area contributed by atoms with Crippen LogP contribution in [0, 0.1) is 17.8 Å². The minimum Gasteiger partial charge on any atom is -0.497 e. The van der Waals surface area contributed by atoms with Gasteiger partial charge in [-0.05, 0) is 80.2 Å². The molecule has 2 saturated carbocycles. The van der Waals surface area contributed by atoms with E-state index in [1.54, 1.807) is 7.11 Å². The summed E-state index contributed by atoms with van der Waals surface area (Å²) in [6, 6.07) is 4.93. The van der Waals surface area contributed by atoms with E-state index in [4.69, 9.17) is 4.74 Å². The minimum absolute atomic E-state index is 0.0272. The lowest BCUT2D eigenvalue weighted by Gasteiger charge is -2.64. The zero-order valence-corrected chi connectivity index (χ0v) is 22.2. The normalized spacial score (nSPS) is 31.9. The molecule has 0 radical (unpaired) electrons. The molecule has 3 fully saturated rings. The highest BCUT2D eigenvalue weighted by atomic mass is 16.5. The molecule has 1 heterocycles. The lowest BCUT2D eigenvalue weighted by Crippen LogP contribution is -2.74. The highest BCUT2D eigenvalue weighted by Gasteiger charge is 2.66. The number of nitrogens with one attached hydrogen (secondary N) is 1. The topological polar surface area (TPSA) is 116 Å². The molecule has 8 nitrogen and oxygen atoms in total. The van der Waals surface area contributed by atoms with Crippen molar-refractivity contribution in [3.63, 3.8) is 0 Å². The van der Waals surface area contributed by atoms with E-state index in [0.717, 1.165) is 24.2 Å². The number of fused-ring (bicyclic) bond motifs is 1. The van der Waals surface area contributed by atoms with Gasteiger partial charge in [0.15, 0.2) is 0 Å². The Morgan fingerprint density at radius 3 is 2.68 bits per heavy atom. The molecule has 1 amide bonds. The number of rotatable bonds is 9. The van der Waals surface area contributed by atoms with E-state index in [0.29, 0.717) is 30.9 Å². The Labute approximate surface area is 218 Å². The van der Waals surface area contributed by atoms with Crippen molar-refractivity contribution in [2.75, 3.05) is 20.2 Å². The Bertz CT molecular complexity index is 1080. The van der Waals surface area contributed by atoms with Gasteiger partial charge in [-0.2, -0.15) is 0 Å². The van der Waals surface area contributed by atoms with Crippen molar-refractivity contribution in [3.8, 4) is 5.75 Å². The maximum absolute atomic E-state index is 13.6. The summed E-state index contributed by atoms with van der Waals surface area (Å²) in [5.41, 5.74) is 0.321. The van der Waals surface area contributed by atoms with Crippen LogP contribution in [0.3, 0.4) is 0 Å². The number of hydrogen-bond acceptors (Lipinski definition) is 6. The van der Waals surface area contributed by atoms with Gasteiger partial charge in [-0.25, -0.2) is 4.79 Å². The zero-order chi connectivity index (χ0) is 26.5. The number of amides is 1. The summed E-state index contributed by atoms with van der Waals surface area (Å²) in [4.78, 5) is 40.6. The van der Waals surface area contributed by atoms with Gasteiger partial charge in [0.2, 0.25) is 5.91 Å². The highest BCUT2D eigenvalue weighted by Crippen LogP contribution is 2.59. The Hall–Kier alpha value is -2.45. The molecule has 5 rings (SSSR count). The fraction of sp³-hybridized carbons (Fsp3) is 0.690. The van der Waals surface area contributed by atoms with E-state index in [1.807, 2.05) is 26.0 Å². The van der Waals surface area contributed by atoms with Gasteiger partial charge in [-0.3, -0.25) is 14.5 Å². The van der Waals surface area contributed by atoms with Crippen molar-refractivity contribution in [1.29, 1.82) is 0 Å². The molecule has 0 spiro atoms. The SMILES string of the molecule is COc1ccc2c(c1)C13CCN(CC4CC4)[C@H](C2)[C@]1(O)C[C@H](CC(=O)N[C@@H](CC(C)C)C(=O)O)C(=O)C3. The Morgan fingerprint density at radius 2 is 2.03 bits per heavy atom. The molecule has 4 aliphatic rings. The second-order valence-corrected chi connectivity index (χ2v) is 12.3. The summed E-state index contributed by atoms with van der Waals surface area (Å²) >= 11 is 0. The molecule has 37 heavy (non-hydrogen) atoms. The second kappa shape index (κ2) is 9.70. The zero-order valence-electron chi connectivity index (χ0n) is 22.2. The van der Waals surface area contributed by atoms with E-state index >= 15 is 0 Å². The molecule has 1 aromatic carbocycles. The van der Waals surface area contributed by atoms with Gasteiger partial charge < -0.3 is 20.3 Å². The number of aliphatic hydroxyl groups is 1. The van der Waals surface area contributed by atoms with Gasteiger partial charge in [0.1, 0.15) is 17.6 Å². The molecule has 1 aliphatic heterocycles. The number of ether oxygens (including phenoxy) is 1. The fourth-order valence-corrected chi connectivity index (χ4v) is 7.31. The predicted molar refractivity (Wildman–Crippen MR) is 137 cm³/mol. The Kier molecular flexibility index (Phi) is 6.86. The fourth-order valence-electron chi connectivity index (χ4n) is 7.31. The summed E-state index contributed by atoms with van der Waals surface area (Å²) in [5, 5.41) is 24.8. The molecule has 3 N–H and O–H groups in total. The van der Waals surface area contributed by atoms with Gasteiger partial charge in [-0.1, -0.05) is 19.9 Å². The highest BCUT2D eigenvalue weighted by molar-refractivity contribution is 5.91. The van der Waals surface area contributed by atoms with Crippen molar-refractivity contribution < 1.29 is 29.3 Å². The van der Waals surface area contributed by atoms with E-state index < -0.39 is 34.9 Å². The number of ketones is 1. The van der Waals surface area contributed by atoms with Gasteiger partial charge in [0.05, 0.1) is 12.7 Å². The van der Waals surface area contributed by atoms with Crippen LogP contribution in [0.25, 0.3) is 0 Å². The van der Waals surface area contributed by atoms with Crippen LogP contribution in [0.1, 0.15) is 69.9 Å². The largest absolute Gasteiger partial charge is 0.497 e. The van der Waals surface area contributed by atoms with Crippen molar-refractivity contribution in [2.45, 2.75) is 88.3 Å². The first kappa shape index (κ1) is 26.2. The third kappa shape index (κ3) is 4.67. The molecule has 1 unspecified atom stereocenters. The Balaban J connectivity index is 1.44. The lowest BCUT2D eigenvalue weighted by molar-refractivity contribution is -0.182. The first-order chi connectivity index (χ1) is 17.6. The van der Waals surface area contributed by atoms with Crippen molar-refractivity contribution in [1.82, 2.24) is 10.2 Å². The van der Waals surface area contributed by atoms with Crippen LogP contribution >= 0.6 is 0 Å². The molecule has 3 aliphatic carbocycles. The van der Waals surface area contributed by atoms with Gasteiger partial charge >= 0.3 is 5.97 Å². The molecule has 8 heteroatoms. The molecule has 0 aromatic heterocycles.